The van der Waals surface area contributed by atoms with Gasteiger partial charge in [0.2, 0.25) is 15.9 Å². The van der Waals surface area contributed by atoms with Crippen LogP contribution in [0.3, 0.4) is 0 Å². The van der Waals surface area contributed by atoms with E-state index in [1.165, 1.54) is 43.8 Å². The lowest BCUT2D eigenvalue weighted by Gasteiger charge is -2.37. The monoisotopic (exact) mass is 411 g/mol. The number of carbonyl (C=O) groups is 2. The Bertz CT molecular complexity index is 874. The number of piperazine rings is 1. The van der Waals surface area contributed by atoms with E-state index in [2.05, 4.69) is 17.2 Å². The van der Waals surface area contributed by atoms with Crippen molar-refractivity contribution in [3.05, 3.63) is 24.3 Å². The van der Waals surface area contributed by atoms with Gasteiger partial charge in [-0.3, -0.25) is 14.8 Å². The summed E-state index contributed by atoms with van der Waals surface area (Å²) in [7, 11) is -2.66. The molecule has 1 heterocycles. The Morgan fingerprint density at radius 1 is 1.32 bits per heavy atom. The van der Waals surface area contributed by atoms with Crippen LogP contribution in [0.5, 0.6) is 5.75 Å². The van der Waals surface area contributed by atoms with Gasteiger partial charge in [0, 0.05) is 7.11 Å². The summed E-state index contributed by atoms with van der Waals surface area (Å²) in [4.78, 5) is 23.6. The third-order valence-corrected chi connectivity index (χ3v) is 5.78. The van der Waals surface area contributed by atoms with Crippen LogP contribution in [0.25, 0.3) is 0 Å². The highest BCUT2D eigenvalue weighted by Gasteiger charge is 2.44. The second kappa shape index (κ2) is 9.52. The molecule has 0 radical (unpaired) electrons. The van der Waals surface area contributed by atoms with E-state index in [0.717, 1.165) is 4.31 Å². The third kappa shape index (κ3) is 4.99. The largest absolute Gasteiger partial charge is 0.481 e. The van der Waals surface area contributed by atoms with E-state index in [9.17, 15) is 18.0 Å². The van der Waals surface area contributed by atoms with Crippen LogP contribution in [0.15, 0.2) is 29.2 Å². The second-order valence-corrected chi connectivity index (χ2v) is 7.76. The van der Waals surface area contributed by atoms with Crippen LogP contribution in [0.4, 0.5) is 0 Å². The zero-order valence-corrected chi connectivity index (χ0v) is 16.2. The Kier molecular flexibility index (Phi) is 7.36. The highest BCUT2D eigenvalue weighted by Crippen LogP contribution is 2.24. The smallest absolute Gasteiger partial charge is 0.263 e. The molecule has 10 nitrogen and oxygen atoms in total. The van der Waals surface area contributed by atoms with Gasteiger partial charge in [0.05, 0.1) is 17.5 Å². The molecule has 152 valence electrons. The number of sulfonamides is 1. The second-order valence-electron chi connectivity index (χ2n) is 5.87. The summed E-state index contributed by atoms with van der Waals surface area (Å²) in [6, 6.07) is 3.38. The van der Waals surface area contributed by atoms with Crippen LogP contribution in [-0.2, 0) is 24.3 Å². The normalized spacial score (nSPS) is 19.9. The van der Waals surface area contributed by atoms with Crippen LogP contribution < -0.4 is 15.5 Å². The molecule has 0 spiro atoms. The molecule has 1 aromatic rings. The van der Waals surface area contributed by atoms with E-state index in [0.29, 0.717) is 5.75 Å². The maximum Gasteiger partial charge on any atom is 0.263 e. The number of rotatable bonds is 6. The van der Waals surface area contributed by atoms with Crippen molar-refractivity contribution in [1.82, 2.24) is 15.1 Å². The van der Waals surface area contributed by atoms with E-state index < -0.39 is 40.5 Å². The number of nitrogens with zero attached hydrogens (tertiary/aromatic N) is 1. The minimum Gasteiger partial charge on any atom is -0.481 e. The predicted molar refractivity (Wildman–Crippen MR) is 96.8 cm³/mol. The average Bonchev–Trinajstić information content (AvgIpc) is 2.67. The summed E-state index contributed by atoms with van der Waals surface area (Å²) in [5.74, 6) is 4.36. The molecule has 1 aliphatic rings. The lowest BCUT2D eigenvalue weighted by atomic mass is 10.1. The highest BCUT2D eigenvalue weighted by molar-refractivity contribution is 7.89. The molecule has 1 aromatic carbocycles. The van der Waals surface area contributed by atoms with Gasteiger partial charge in [-0.1, -0.05) is 11.8 Å². The van der Waals surface area contributed by atoms with E-state index >= 15 is 0 Å². The Balaban J connectivity index is 2.21. The van der Waals surface area contributed by atoms with Crippen LogP contribution in [0.2, 0.25) is 0 Å². The third-order valence-electron chi connectivity index (χ3n) is 3.93. The summed E-state index contributed by atoms with van der Waals surface area (Å²) >= 11 is 0. The molecular weight excluding hydrogens is 390 g/mol. The van der Waals surface area contributed by atoms with E-state index in [1.807, 2.05) is 0 Å². The van der Waals surface area contributed by atoms with Gasteiger partial charge >= 0.3 is 0 Å². The molecule has 11 heteroatoms. The number of ether oxygens (including phenoxy) is 2. The molecule has 0 saturated carbocycles. The molecule has 1 aliphatic heterocycles. The van der Waals surface area contributed by atoms with E-state index in [-0.39, 0.29) is 18.1 Å². The lowest BCUT2D eigenvalue weighted by Crippen LogP contribution is -2.65. The molecule has 2 atom stereocenters. The topological polar surface area (TPSA) is 134 Å². The maximum atomic E-state index is 13.0. The fourth-order valence-corrected chi connectivity index (χ4v) is 4.28. The summed E-state index contributed by atoms with van der Waals surface area (Å²) in [6.07, 6.45) is 0. The fraction of sp³-hybridized carbons (Fsp3) is 0.412. The van der Waals surface area contributed by atoms with Crippen LogP contribution >= 0.6 is 0 Å². The summed E-state index contributed by atoms with van der Waals surface area (Å²) < 4.78 is 36.8. The first-order chi connectivity index (χ1) is 13.3. The van der Waals surface area contributed by atoms with Crippen LogP contribution in [0, 0.1) is 11.8 Å². The van der Waals surface area contributed by atoms with Gasteiger partial charge in [0.1, 0.15) is 25.0 Å². The first kappa shape index (κ1) is 21.6. The zero-order chi connectivity index (χ0) is 20.7. The number of hydrogen-bond donors (Lipinski definition) is 3. The van der Waals surface area contributed by atoms with Gasteiger partial charge in [0.15, 0.2) is 0 Å². The van der Waals surface area contributed by atoms with Gasteiger partial charge in [-0.05, 0) is 31.2 Å². The molecule has 0 bridgehead atoms. The molecule has 1 fully saturated rings. The minimum atomic E-state index is -4.18. The minimum absolute atomic E-state index is 0.109. The number of methoxy groups -OCH3 is 1. The fourth-order valence-electron chi connectivity index (χ4n) is 2.66. The van der Waals surface area contributed by atoms with Crippen molar-refractivity contribution in [2.24, 2.45) is 0 Å². The summed E-state index contributed by atoms with van der Waals surface area (Å²) in [5.41, 5.74) is 1.44. The standard InChI is InChI=1S/C17H21N3O7S/c1-12-16(17(22)19-23)20(11-15(21)18-12)28(24,25)14-7-5-13(6-8-14)27-10-4-3-9-26-2/h5-8,12,16,23H,9-11H2,1-2H3,(H,18,21)(H,19,22). The Morgan fingerprint density at radius 2 is 1.96 bits per heavy atom. The molecular formula is C17H21N3O7S. The first-order valence-electron chi connectivity index (χ1n) is 8.24. The Labute approximate surface area is 162 Å². The Morgan fingerprint density at radius 3 is 2.57 bits per heavy atom. The van der Waals surface area contributed by atoms with Crippen molar-refractivity contribution < 1.29 is 32.7 Å². The Hall–Kier alpha value is -2.65. The van der Waals surface area contributed by atoms with Crippen molar-refractivity contribution in [3.8, 4) is 17.6 Å². The number of benzene rings is 1. The lowest BCUT2D eigenvalue weighted by molar-refractivity contribution is -0.137. The molecule has 1 saturated heterocycles. The van der Waals surface area contributed by atoms with Gasteiger partial charge in [-0.25, -0.2) is 13.9 Å². The van der Waals surface area contributed by atoms with Crippen molar-refractivity contribution in [2.75, 3.05) is 26.9 Å². The predicted octanol–water partition coefficient (Wildman–Crippen LogP) is -0.902. The van der Waals surface area contributed by atoms with Gasteiger partial charge in [0.25, 0.3) is 5.91 Å². The average molecular weight is 411 g/mol. The molecule has 2 amide bonds. The van der Waals surface area contributed by atoms with Crippen molar-refractivity contribution in [1.29, 1.82) is 0 Å². The molecule has 0 aliphatic carbocycles. The van der Waals surface area contributed by atoms with E-state index in [4.69, 9.17) is 14.7 Å². The van der Waals surface area contributed by atoms with Gasteiger partial charge < -0.3 is 14.8 Å². The molecule has 2 rings (SSSR count). The molecule has 0 aromatic heterocycles. The number of nitrogens with one attached hydrogen (secondary N) is 2. The number of carbonyl (C=O) groups excluding carboxylic acids is 2. The number of amides is 2. The highest BCUT2D eigenvalue weighted by atomic mass is 32.2. The first-order valence-corrected chi connectivity index (χ1v) is 9.68. The zero-order valence-electron chi connectivity index (χ0n) is 15.3. The maximum absolute atomic E-state index is 13.0. The molecule has 28 heavy (non-hydrogen) atoms. The SMILES string of the molecule is COCC#CCOc1ccc(S(=O)(=O)N2CC(=O)NC(C)C2C(=O)NO)cc1. The summed E-state index contributed by atoms with van der Waals surface area (Å²) in [5, 5.41) is 11.4. The summed E-state index contributed by atoms with van der Waals surface area (Å²) in [6.45, 7) is 1.32. The van der Waals surface area contributed by atoms with E-state index in [1.54, 1.807) is 0 Å². The van der Waals surface area contributed by atoms with Crippen molar-refractivity contribution >= 4 is 21.8 Å². The number of hydrogen-bond acceptors (Lipinski definition) is 7. The van der Waals surface area contributed by atoms with Crippen LogP contribution in [0.1, 0.15) is 6.92 Å². The molecule has 3 N–H and O–H groups in total. The quantitative estimate of drug-likeness (QED) is 0.314. The van der Waals surface area contributed by atoms with Gasteiger partial charge in [-0.15, -0.1) is 0 Å². The van der Waals surface area contributed by atoms with Gasteiger partial charge in [-0.2, -0.15) is 4.31 Å². The number of hydroxylamine groups is 1. The molecule has 2 unspecified atom stereocenters. The van der Waals surface area contributed by atoms with Crippen molar-refractivity contribution in [2.45, 2.75) is 23.9 Å². The van der Waals surface area contributed by atoms with Crippen molar-refractivity contribution in [3.63, 3.8) is 0 Å². The van der Waals surface area contributed by atoms with Crippen LogP contribution in [-0.4, -0.2) is 68.7 Å².